The second-order valence-electron chi connectivity index (χ2n) is 5.35. The molecule has 1 amide bonds. The molecule has 0 saturated carbocycles. The lowest BCUT2D eigenvalue weighted by atomic mass is 10.1. The summed E-state index contributed by atoms with van der Waals surface area (Å²) in [5, 5.41) is 6.80. The molecule has 1 aromatic heterocycles. The first kappa shape index (κ1) is 17.5. The largest absolute Gasteiger partial charge is 0.453 e. The number of benzene rings is 1. The predicted octanol–water partition coefficient (Wildman–Crippen LogP) is 2.61. The maximum atomic E-state index is 11.1. The zero-order valence-corrected chi connectivity index (χ0v) is 14.1. The fourth-order valence-electron chi connectivity index (χ4n) is 2.13. The van der Waals surface area contributed by atoms with Crippen molar-refractivity contribution in [2.24, 2.45) is 5.16 Å². The summed E-state index contributed by atoms with van der Waals surface area (Å²) in [5.74, 6) is 0. The Hall–Kier alpha value is -2.89. The van der Waals surface area contributed by atoms with Crippen molar-refractivity contribution in [2.75, 3.05) is 7.11 Å². The molecule has 24 heavy (non-hydrogen) atoms. The molecule has 2 rings (SSSR count). The Labute approximate surface area is 141 Å². The van der Waals surface area contributed by atoms with Crippen LogP contribution in [0, 0.1) is 6.92 Å². The van der Waals surface area contributed by atoms with E-state index in [1.165, 1.54) is 7.11 Å². The van der Waals surface area contributed by atoms with Crippen LogP contribution in [-0.4, -0.2) is 18.9 Å². The van der Waals surface area contributed by atoms with Gasteiger partial charge in [-0.3, -0.25) is 0 Å². The van der Waals surface area contributed by atoms with Gasteiger partial charge in [0.25, 0.3) is 0 Å². The highest BCUT2D eigenvalue weighted by Gasteiger charge is 2.05. The van der Waals surface area contributed by atoms with Crippen LogP contribution in [-0.2, 0) is 22.7 Å². The number of ether oxygens (including phenoxy) is 1. The molecule has 126 valence electrons. The molecule has 6 heteroatoms. The van der Waals surface area contributed by atoms with Gasteiger partial charge in [-0.15, -0.1) is 0 Å². The molecule has 0 bridgehead atoms. The van der Waals surface area contributed by atoms with Gasteiger partial charge in [0.05, 0.1) is 12.8 Å². The number of hydrogen-bond acceptors (Lipinski definition) is 4. The van der Waals surface area contributed by atoms with E-state index in [0.717, 1.165) is 28.2 Å². The number of rotatable bonds is 6. The minimum atomic E-state index is -0.455. The zero-order chi connectivity index (χ0) is 17.4. The van der Waals surface area contributed by atoms with Crippen LogP contribution in [0.25, 0.3) is 0 Å². The van der Waals surface area contributed by atoms with Crippen molar-refractivity contribution in [3.63, 3.8) is 0 Å². The van der Waals surface area contributed by atoms with Crippen molar-refractivity contribution in [1.29, 1.82) is 0 Å². The third-order valence-corrected chi connectivity index (χ3v) is 3.39. The van der Waals surface area contributed by atoms with Gasteiger partial charge in [-0.2, -0.15) is 0 Å². The maximum absolute atomic E-state index is 11.1. The lowest BCUT2D eigenvalue weighted by Crippen LogP contribution is -2.22. The van der Waals surface area contributed by atoms with Gasteiger partial charge in [-0.1, -0.05) is 23.4 Å². The Morgan fingerprint density at radius 3 is 2.79 bits per heavy atom. The van der Waals surface area contributed by atoms with Gasteiger partial charge in [-0.05, 0) is 30.2 Å². The molecule has 0 aliphatic heterocycles. The summed E-state index contributed by atoms with van der Waals surface area (Å²) in [5.41, 5.74) is 4.69. The molecule has 0 saturated heterocycles. The molecular weight excluding hydrogens is 306 g/mol. The summed E-state index contributed by atoms with van der Waals surface area (Å²) in [6, 6.07) is 13.7. The monoisotopic (exact) mass is 328 g/mol. The van der Waals surface area contributed by atoms with E-state index in [1.54, 1.807) is 0 Å². The van der Waals surface area contributed by atoms with E-state index in [-0.39, 0.29) is 0 Å². The van der Waals surface area contributed by atoms with Crippen LogP contribution in [0.3, 0.4) is 0 Å². The Bertz CT molecular complexity index is 729. The number of methoxy groups -OCH3 is 1. The van der Waals surface area contributed by atoms with Gasteiger partial charge in [0.2, 0.25) is 12.3 Å². The first-order chi connectivity index (χ1) is 11.6. The van der Waals surface area contributed by atoms with Crippen LogP contribution in [0.15, 0.2) is 47.6 Å². The van der Waals surface area contributed by atoms with Gasteiger partial charge < -0.3 is 14.9 Å². The normalized spacial score (nSPS) is 11.0. The van der Waals surface area contributed by atoms with Gasteiger partial charge in [0, 0.05) is 25.6 Å². The van der Waals surface area contributed by atoms with Gasteiger partial charge >= 0.3 is 6.09 Å². The Balaban J connectivity index is 1.95. The second-order valence-corrected chi connectivity index (χ2v) is 5.35. The first-order valence-electron chi connectivity index (χ1n) is 7.64. The molecule has 6 nitrogen and oxygen atoms in total. The standard InChI is InChI=1S/C18H21N3O3/c1-13-6-4-9-17(20-13)12-24-21-14(2)16-8-5-7-15(10-16)11-19-18(22)23-3/h4-10H,11-12H2,1-3H3,(H,19,22)/p+1. The molecule has 0 aliphatic rings. The summed E-state index contributed by atoms with van der Waals surface area (Å²) in [6.45, 7) is 4.65. The average molecular weight is 328 g/mol. The van der Waals surface area contributed by atoms with E-state index in [9.17, 15) is 4.79 Å². The number of carbonyl (C=O) groups is 1. The van der Waals surface area contributed by atoms with E-state index >= 15 is 0 Å². The number of hydrogen-bond donors (Lipinski definition) is 1. The number of aryl methyl sites for hydroxylation is 1. The molecular formula is C18H22N3O3+. The minimum Gasteiger partial charge on any atom is -0.453 e. The number of H-pyrrole nitrogens is 1. The molecule has 0 atom stereocenters. The quantitative estimate of drug-likeness (QED) is 0.654. The van der Waals surface area contributed by atoms with E-state index in [4.69, 9.17) is 4.84 Å². The average Bonchev–Trinajstić information content (AvgIpc) is 2.60. The lowest BCUT2D eigenvalue weighted by Gasteiger charge is -2.06. The third-order valence-electron chi connectivity index (χ3n) is 3.39. The molecule has 2 N–H and O–H groups in total. The number of amides is 1. The number of aromatic amines is 1. The van der Waals surface area contributed by atoms with Gasteiger partial charge in [-0.25, -0.2) is 9.78 Å². The highest BCUT2D eigenvalue weighted by atomic mass is 16.6. The smallest absolute Gasteiger partial charge is 0.407 e. The summed E-state index contributed by atoms with van der Waals surface area (Å²) in [6.07, 6.45) is -0.455. The number of pyridine rings is 1. The van der Waals surface area contributed by atoms with Crippen molar-refractivity contribution in [3.8, 4) is 0 Å². The number of nitrogens with one attached hydrogen (secondary N) is 2. The molecule has 0 aliphatic carbocycles. The van der Waals surface area contributed by atoms with Gasteiger partial charge in [0.15, 0.2) is 5.69 Å². The molecule has 1 aromatic carbocycles. The fraction of sp³-hybridized carbons (Fsp3) is 0.278. The first-order valence-corrected chi connectivity index (χ1v) is 7.64. The number of alkyl carbamates (subject to hydrolysis) is 1. The molecule has 1 heterocycles. The van der Waals surface area contributed by atoms with Crippen molar-refractivity contribution >= 4 is 11.8 Å². The summed E-state index contributed by atoms with van der Waals surface area (Å²) in [7, 11) is 1.34. The van der Waals surface area contributed by atoms with Crippen LogP contribution in [0.1, 0.15) is 29.4 Å². The van der Waals surface area contributed by atoms with Crippen LogP contribution >= 0.6 is 0 Å². The highest BCUT2D eigenvalue weighted by molar-refractivity contribution is 5.98. The van der Waals surface area contributed by atoms with Crippen molar-refractivity contribution < 1.29 is 19.4 Å². The number of nitrogens with zero attached hydrogens (tertiary/aromatic N) is 1. The van der Waals surface area contributed by atoms with Crippen LogP contribution < -0.4 is 10.3 Å². The second kappa shape index (κ2) is 8.67. The topological polar surface area (TPSA) is 74.1 Å². The minimum absolute atomic E-state index is 0.378. The maximum Gasteiger partial charge on any atom is 0.407 e. The van der Waals surface area contributed by atoms with Crippen LogP contribution in [0.5, 0.6) is 0 Å². The summed E-state index contributed by atoms with van der Waals surface area (Å²) < 4.78 is 4.56. The number of carbonyl (C=O) groups excluding carboxylic acids is 1. The van der Waals surface area contributed by atoms with Crippen molar-refractivity contribution in [3.05, 3.63) is 65.0 Å². The third kappa shape index (κ3) is 5.39. The predicted molar refractivity (Wildman–Crippen MR) is 90.4 cm³/mol. The molecule has 0 radical (unpaired) electrons. The van der Waals surface area contributed by atoms with Crippen molar-refractivity contribution in [1.82, 2.24) is 5.32 Å². The number of aromatic nitrogens is 1. The SMILES string of the molecule is COC(=O)NCc1cccc(C(C)=NOCc2cccc(C)[nH+]2)c1. The molecule has 2 aromatic rings. The summed E-state index contributed by atoms with van der Waals surface area (Å²) in [4.78, 5) is 19.8. The molecule has 0 unspecified atom stereocenters. The van der Waals surface area contributed by atoms with Gasteiger partial charge in [0.1, 0.15) is 0 Å². The lowest BCUT2D eigenvalue weighted by molar-refractivity contribution is -0.405. The Morgan fingerprint density at radius 1 is 1.25 bits per heavy atom. The van der Waals surface area contributed by atoms with E-state index in [2.05, 4.69) is 20.2 Å². The number of oxime groups is 1. The van der Waals surface area contributed by atoms with E-state index in [0.29, 0.717) is 13.2 Å². The van der Waals surface area contributed by atoms with Crippen LogP contribution in [0.2, 0.25) is 0 Å². The zero-order valence-electron chi connectivity index (χ0n) is 14.1. The van der Waals surface area contributed by atoms with E-state index in [1.807, 2.05) is 56.3 Å². The molecule has 0 fully saturated rings. The van der Waals surface area contributed by atoms with Crippen molar-refractivity contribution in [2.45, 2.75) is 27.0 Å². The van der Waals surface area contributed by atoms with E-state index < -0.39 is 6.09 Å². The fourth-order valence-corrected chi connectivity index (χ4v) is 2.13. The Morgan fingerprint density at radius 2 is 2.04 bits per heavy atom. The Kier molecular flexibility index (Phi) is 6.31. The highest BCUT2D eigenvalue weighted by Crippen LogP contribution is 2.07. The molecule has 0 spiro atoms. The summed E-state index contributed by atoms with van der Waals surface area (Å²) >= 11 is 0. The van der Waals surface area contributed by atoms with Crippen LogP contribution in [0.4, 0.5) is 4.79 Å².